The first kappa shape index (κ1) is 34.9. The van der Waals surface area contributed by atoms with Crippen molar-refractivity contribution in [3.63, 3.8) is 0 Å². The van der Waals surface area contributed by atoms with Gasteiger partial charge in [0, 0.05) is 32.9 Å². The average Bonchev–Trinajstić information content (AvgIpc) is 3.73. The van der Waals surface area contributed by atoms with Gasteiger partial charge in [-0.15, -0.1) is 0 Å². The van der Waals surface area contributed by atoms with Gasteiger partial charge in [-0.2, -0.15) is 5.26 Å². The number of carbonyl (C=O) groups is 2. The third kappa shape index (κ3) is 6.40. The van der Waals surface area contributed by atoms with Crippen LogP contribution >= 0.6 is 0 Å². The molecule has 0 fully saturated rings. The lowest BCUT2D eigenvalue weighted by atomic mass is 10.0. The monoisotopic (exact) mass is 726 g/mol. The van der Waals surface area contributed by atoms with Crippen molar-refractivity contribution >= 4 is 67.7 Å². The summed E-state index contributed by atoms with van der Waals surface area (Å²) in [5.74, 6) is -2.51. The van der Waals surface area contributed by atoms with Crippen LogP contribution in [0.1, 0.15) is 11.1 Å². The molecule has 0 bridgehead atoms. The van der Waals surface area contributed by atoms with Gasteiger partial charge < -0.3 is 19.3 Å². The number of fused-ring (bicyclic) bond motifs is 6. The van der Waals surface area contributed by atoms with E-state index < -0.39 is 11.9 Å². The lowest BCUT2D eigenvalue weighted by Gasteiger charge is -2.11. The highest BCUT2D eigenvalue weighted by Gasteiger charge is 2.15. The van der Waals surface area contributed by atoms with Gasteiger partial charge >= 0.3 is 11.9 Å². The van der Waals surface area contributed by atoms with Gasteiger partial charge in [-0.1, -0.05) is 97.1 Å². The first-order chi connectivity index (χ1) is 27.3. The molecule has 8 rings (SSSR count). The lowest BCUT2D eigenvalue weighted by Crippen LogP contribution is -1.96. The quantitative estimate of drug-likeness (QED) is 0.0665. The van der Waals surface area contributed by atoms with E-state index in [2.05, 4.69) is 111 Å². The summed E-state index contributed by atoms with van der Waals surface area (Å²) in [5, 5.41) is 31.7. The number of carboxylic acid groups (broad SMARTS) is 2. The van der Waals surface area contributed by atoms with Crippen molar-refractivity contribution in [1.82, 2.24) is 9.13 Å². The van der Waals surface area contributed by atoms with Crippen LogP contribution in [-0.2, 0) is 9.59 Å². The molecule has 8 aromatic rings. The van der Waals surface area contributed by atoms with Crippen LogP contribution in [0.3, 0.4) is 0 Å². The number of benzene rings is 6. The molecule has 2 N–H and O–H groups in total. The van der Waals surface area contributed by atoms with Crippen LogP contribution in [0.25, 0.3) is 83.1 Å². The highest BCUT2D eigenvalue weighted by molar-refractivity contribution is 6.11. The van der Waals surface area contributed by atoms with Crippen LogP contribution in [0.15, 0.2) is 169 Å². The number of para-hydroxylation sites is 2. The molecule has 0 amide bonds. The number of carboxylic acids is 2. The Kier molecular flexibility index (Phi) is 9.13. The van der Waals surface area contributed by atoms with E-state index in [1.807, 2.05) is 36.4 Å². The molecule has 8 heteroatoms. The Morgan fingerprint density at radius 3 is 1.45 bits per heavy atom. The molecule has 0 aliphatic carbocycles. The Hall–Kier alpha value is -8.20. The summed E-state index contributed by atoms with van der Waals surface area (Å²) in [4.78, 5) is 25.4. The molecular weight excluding hydrogens is 697 g/mol. The van der Waals surface area contributed by atoms with Gasteiger partial charge in [0.25, 0.3) is 5.70 Å². The second-order valence-corrected chi connectivity index (χ2v) is 13.0. The highest BCUT2D eigenvalue weighted by Crippen LogP contribution is 2.36. The van der Waals surface area contributed by atoms with Gasteiger partial charge in [-0.05, 0) is 95.1 Å². The average molecular weight is 727 g/mol. The van der Waals surface area contributed by atoms with Crippen molar-refractivity contribution in [2.75, 3.05) is 0 Å². The largest absolute Gasteiger partial charge is 0.486 e. The van der Waals surface area contributed by atoms with Crippen LogP contribution in [0.2, 0.25) is 0 Å². The zero-order chi connectivity index (χ0) is 38.8. The predicted molar refractivity (Wildman–Crippen MR) is 222 cm³/mol. The molecule has 0 radical (unpaired) electrons. The van der Waals surface area contributed by atoms with Crippen molar-refractivity contribution in [3.05, 3.63) is 192 Å². The van der Waals surface area contributed by atoms with Gasteiger partial charge in [-0.3, -0.25) is 4.79 Å². The van der Waals surface area contributed by atoms with E-state index in [1.54, 1.807) is 30.4 Å². The van der Waals surface area contributed by atoms with E-state index in [1.165, 1.54) is 12.2 Å². The highest BCUT2D eigenvalue weighted by atomic mass is 16.4. The second kappa shape index (κ2) is 14.7. The lowest BCUT2D eigenvalue weighted by molar-refractivity contribution is -0.133. The third-order valence-corrected chi connectivity index (χ3v) is 9.76. The Morgan fingerprint density at radius 2 is 1.02 bits per heavy atom. The van der Waals surface area contributed by atoms with Gasteiger partial charge in [0.2, 0.25) is 0 Å². The number of nitrogens with zero attached hydrogens (tertiary/aromatic N) is 4. The smallest absolute Gasteiger partial charge is 0.346 e. The molecule has 56 heavy (non-hydrogen) atoms. The molecule has 8 nitrogen and oxygen atoms in total. The minimum Gasteiger partial charge on any atom is -0.486 e. The SMILES string of the molecule is [C-]#[N+]C(=CC=Cc1ccc2c(c1)c1ccccc1n2-c1ccc(-c2ccc(-n3c4ccccc4c4cc(C=CC=C(C#N)C(=O)O)ccc43)cc2)cc1)C(=O)O. The van der Waals surface area contributed by atoms with Crippen molar-refractivity contribution < 1.29 is 19.8 Å². The zero-order valence-corrected chi connectivity index (χ0v) is 29.7. The summed E-state index contributed by atoms with van der Waals surface area (Å²) in [6.07, 6.45) is 9.37. The molecule has 0 unspecified atom stereocenters. The predicted octanol–water partition coefficient (Wildman–Crippen LogP) is 11.0. The van der Waals surface area contributed by atoms with Crippen molar-refractivity contribution in [2.45, 2.75) is 0 Å². The molecule has 0 saturated carbocycles. The summed E-state index contributed by atoms with van der Waals surface area (Å²) in [7, 11) is 0. The van der Waals surface area contributed by atoms with E-state index in [0.29, 0.717) is 0 Å². The second-order valence-electron chi connectivity index (χ2n) is 13.0. The zero-order valence-electron chi connectivity index (χ0n) is 29.7. The van der Waals surface area contributed by atoms with E-state index in [9.17, 15) is 9.59 Å². The number of rotatable bonds is 9. The van der Waals surface area contributed by atoms with E-state index in [4.69, 9.17) is 22.0 Å². The summed E-state index contributed by atoms with van der Waals surface area (Å²) >= 11 is 0. The van der Waals surface area contributed by atoms with Crippen LogP contribution in [0.5, 0.6) is 0 Å². The van der Waals surface area contributed by atoms with Crippen LogP contribution in [0.4, 0.5) is 0 Å². The Morgan fingerprint density at radius 1 is 0.571 bits per heavy atom. The third-order valence-electron chi connectivity index (χ3n) is 9.76. The summed E-state index contributed by atoms with van der Waals surface area (Å²) in [5.41, 5.74) is 9.54. The minimum absolute atomic E-state index is 0.324. The van der Waals surface area contributed by atoms with Gasteiger partial charge in [-0.25, -0.2) is 9.64 Å². The molecular formula is C48H30N4O4. The van der Waals surface area contributed by atoms with Crippen LogP contribution in [0, 0.1) is 17.9 Å². The molecule has 2 heterocycles. The molecule has 266 valence electrons. The van der Waals surface area contributed by atoms with Crippen LogP contribution < -0.4 is 0 Å². The van der Waals surface area contributed by atoms with Gasteiger partial charge in [0.05, 0.1) is 28.6 Å². The Balaban J connectivity index is 1.10. The molecule has 2 aromatic heterocycles. The Bertz CT molecular complexity index is 2880. The van der Waals surface area contributed by atoms with E-state index >= 15 is 0 Å². The maximum atomic E-state index is 11.2. The molecule has 6 aromatic carbocycles. The first-order valence-corrected chi connectivity index (χ1v) is 17.6. The number of allylic oxidation sites excluding steroid dienone is 4. The Labute approximate surface area is 321 Å². The molecule has 0 aliphatic heterocycles. The number of nitriles is 1. The van der Waals surface area contributed by atoms with Gasteiger partial charge in [0.1, 0.15) is 11.6 Å². The number of aromatic nitrogens is 2. The minimum atomic E-state index is -1.26. The summed E-state index contributed by atoms with van der Waals surface area (Å²) in [6.45, 7) is 7.06. The summed E-state index contributed by atoms with van der Waals surface area (Å²) < 4.78 is 4.48. The van der Waals surface area contributed by atoms with E-state index in [-0.39, 0.29) is 11.3 Å². The fraction of sp³-hybridized carbons (Fsp3) is 0. The maximum absolute atomic E-state index is 11.2. The number of hydrogen-bond acceptors (Lipinski definition) is 3. The molecule has 0 atom stereocenters. The van der Waals surface area contributed by atoms with Gasteiger partial charge in [0.15, 0.2) is 0 Å². The fourth-order valence-corrected chi connectivity index (χ4v) is 7.17. The maximum Gasteiger partial charge on any atom is 0.346 e. The summed E-state index contributed by atoms with van der Waals surface area (Å²) in [6, 6.07) is 47.5. The molecule has 0 spiro atoms. The first-order valence-electron chi connectivity index (χ1n) is 17.6. The number of hydrogen-bond donors (Lipinski definition) is 2. The number of aliphatic carboxylic acids is 2. The van der Waals surface area contributed by atoms with Crippen molar-refractivity contribution in [3.8, 4) is 28.6 Å². The van der Waals surface area contributed by atoms with Crippen molar-refractivity contribution in [2.24, 2.45) is 0 Å². The van der Waals surface area contributed by atoms with E-state index in [0.717, 1.165) is 77.2 Å². The standard InChI is InChI=1S/C48H30N4O4/c1-50-42(48(55)56)13-7-9-32-17-27-46-41(29-32)39-12-3-5-15-44(39)52(46)37-24-20-34(21-25-37)33-18-22-36(23-19-33)51-43-14-4-2-11-38(43)40-28-31(16-26-45(40)51)8-6-10-35(30-49)47(53)54/h2-29H,(H,53,54)(H,55,56). The normalized spacial score (nSPS) is 12.2. The molecule has 0 saturated heterocycles. The topological polar surface area (TPSA) is 113 Å². The molecule has 0 aliphatic rings. The van der Waals surface area contributed by atoms with Crippen LogP contribution in [-0.4, -0.2) is 31.3 Å². The van der Waals surface area contributed by atoms with Crippen molar-refractivity contribution in [1.29, 1.82) is 5.26 Å². The fourth-order valence-electron chi connectivity index (χ4n) is 7.17.